The van der Waals surface area contributed by atoms with Crippen LogP contribution in [0.4, 0.5) is 8.78 Å². The van der Waals surface area contributed by atoms with Crippen molar-refractivity contribution in [2.24, 2.45) is 0 Å². The number of amides is 1. The standard InChI is InChI=1S/C14H18F2N6O/c15-14(16)22-7-6-11(20-22)13(23)17-8-12-19-18-9-21(12)10-4-2-1-3-5-10/h6-7,9-10,14H,1-5,8H2,(H,17,23). The van der Waals surface area contributed by atoms with Crippen LogP contribution in [0.3, 0.4) is 0 Å². The van der Waals surface area contributed by atoms with Crippen LogP contribution in [0.2, 0.25) is 0 Å². The molecule has 0 aliphatic heterocycles. The Hall–Kier alpha value is -2.32. The number of carbonyl (C=O) groups excluding carboxylic acids is 1. The van der Waals surface area contributed by atoms with Crippen molar-refractivity contribution < 1.29 is 13.6 Å². The Labute approximate surface area is 131 Å². The van der Waals surface area contributed by atoms with Crippen molar-refractivity contribution in [2.45, 2.75) is 51.2 Å². The molecule has 2 heterocycles. The highest BCUT2D eigenvalue weighted by Gasteiger charge is 2.19. The minimum absolute atomic E-state index is 0.0472. The molecule has 124 valence electrons. The Morgan fingerprint density at radius 3 is 2.83 bits per heavy atom. The van der Waals surface area contributed by atoms with Gasteiger partial charge in [-0.3, -0.25) is 4.79 Å². The Morgan fingerprint density at radius 1 is 1.35 bits per heavy atom. The van der Waals surface area contributed by atoms with Crippen molar-refractivity contribution in [3.8, 4) is 0 Å². The molecule has 2 aromatic heterocycles. The summed E-state index contributed by atoms with van der Waals surface area (Å²) < 4.78 is 27.4. The van der Waals surface area contributed by atoms with Gasteiger partial charge in [-0.25, -0.2) is 4.68 Å². The number of halogens is 2. The van der Waals surface area contributed by atoms with Gasteiger partial charge in [-0.2, -0.15) is 13.9 Å². The largest absolute Gasteiger partial charge is 0.343 e. The second-order valence-electron chi connectivity index (χ2n) is 5.59. The van der Waals surface area contributed by atoms with Crippen LogP contribution in [0.15, 0.2) is 18.6 Å². The van der Waals surface area contributed by atoms with E-state index in [-0.39, 0.29) is 12.2 Å². The van der Waals surface area contributed by atoms with Crippen molar-refractivity contribution in [1.29, 1.82) is 0 Å². The fourth-order valence-corrected chi connectivity index (χ4v) is 2.87. The zero-order chi connectivity index (χ0) is 16.2. The molecule has 1 amide bonds. The highest BCUT2D eigenvalue weighted by atomic mass is 19.3. The maximum absolute atomic E-state index is 12.5. The summed E-state index contributed by atoms with van der Waals surface area (Å²) in [5.74, 6) is 0.154. The van der Waals surface area contributed by atoms with Crippen molar-refractivity contribution in [1.82, 2.24) is 29.9 Å². The molecule has 0 unspecified atom stereocenters. The van der Waals surface area contributed by atoms with E-state index in [4.69, 9.17) is 0 Å². The first-order valence-corrected chi connectivity index (χ1v) is 7.65. The van der Waals surface area contributed by atoms with Gasteiger partial charge in [0.05, 0.1) is 6.54 Å². The third kappa shape index (κ3) is 3.54. The van der Waals surface area contributed by atoms with E-state index in [0.29, 0.717) is 16.5 Å². The lowest BCUT2D eigenvalue weighted by Gasteiger charge is -2.23. The van der Waals surface area contributed by atoms with Gasteiger partial charge in [-0.15, -0.1) is 10.2 Å². The number of carbonyl (C=O) groups is 1. The van der Waals surface area contributed by atoms with Crippen LogP contribution in [0.5, 0.6) is 0 Å². The number of rotatable bonds is 5. The minimum Gasteiger partial charge on any atom is -0.343 e. The molecule has 3 rings (SSSR count). The first-order chi connectivity index (χ1) is 11.1. The average Bonchev–Trinajstić information content (AvgIpc) is 3.22. The number of nitrogens with one attached hydrogen (secondary N) is 1. The quantitative estimate of drug-likeness (QED) is 0.915. The summed E-state index contributed by atoms with van der Waals surface area (Å²) in [5, 5.41) is 14.1. The van der Waals surface area contributed by atoms with Gasteiger partial charge in [0.25, 0.3) is 5.91 Å². The molecule has 1 fully saturated rings. The lowest BCUT2D eigenvalue weighted by Crippen LogP contribution is -2.26. The van der Waals surface area contributed by atoms with E-state index in [1.807, 2.05) is 4.57 Å². The third-order valence-corrected chi connectivity index (χ3v) is 4.06. The SMILES string of the molecule is O=C(NCc1nncn1C1CCCCC1)c1ccn(C(F)F)n1. The fraction of sp³-hybridized carbons (Fsp3) is 0.571. The predicted molar refractivity (Wildman–Crippen MR) is 76.8 cm³/mol. The first kappa shape index (κ1) is 15.6. The first-order valence-electron chi connectivity index (χ1n) is 7.65. The van der Waals surface area contributed by atoms with Crippen molar-refractivity contribution in [3.63, 3.8) is 0 Å². The zero-order valence-electron chi connectivity index (χ0n) is 12.5. The third-order valence-electron chi connectivity index (χ3n) is 4.06. The van der Waals surface area contributed by atoms with Crippen molar-refractivity contribution >= 4 is 5.91 Å². The van der Waals surface area contributed by atoms with Crippen LogP contribution in [-0.2, 0) is 6.54 Å². The molecule has 7 nitrogen and oxygen atoms in total. The Kier molecular flexibility index (Phi) is 4.63. The van der Waals surface area contributed by atoms with E-state index < -0.39 is 12.5 Å². The topological polar surface area (TPSA) is 77.6 Å². The molecule has 0 radical (unpaired) electrons. The molecule has 1 aliphatic rings. The fourth-order valence-electron chi connectivity index (χ4n) is 2.87. The summed E-state index contributed by atoms with van der Waals surface area (Å²) in [7, 11) is 0. The Bertz CT molecular complexity index is 662. The Morgan fingerprint density at radius 2 is 2.13 bits per heavy atom. The summed E-state index contributed by atoms with van der Waals surface area (Å²) in [4.78, 5) is 12.0. The molecule has 2 aromatic rings. The van der Waals surface area contributed by atoms with Gasteiger partial charge in [-0.1, -0.05) is 19.3 Å². The van der Waals surface area contributed by atoms with Crippen LogP contribution in [-0.4, -0.2) is 30.5 Å². The molecule has 0 saturated heterocycles. The molecule has 23 heavy (non-hydrogen) atoms. The second kappa shape index (κ2) is 6.84. The van der Waals surface area contributed by atoms with Crippen molar-refractivity contribution in [3.05, 3.63) is 30.1 Å². The van der Waals surface area contributed by atoms with Gasteiger partial charge >= 0.3 is 6.55 Å². The lowest BCUT2D eigenvalue weighted by molar-refractivity contribution is 0.0560. The summed E-state index contributed by atoms with van der Waals surface area (Å²) in [5.41, 5.74) is -0.0472. The maximum Gasteiger partial charge on any atom is 0.333 e. The van der Waals surface area contributed by atoms with E-state index in [1.165, 1.54) is 25.3 Å². The zero-order valence-corrected chi connectivity index (χ0v) is 12.5. The Balaban J connectivity index is 1.61. The minimum atomic E-state index is -2.76. The van der Waals surface area contributed by atoms with Gasteiger partial charge in [0, 0.05) is 12.2 Å². The molecule has 1 saturated carbocycles. The number of aromatic nitrogens is 5. The van der Waals surface area contributed by atoms with E-state index in [9.17, 15) is 13.6 Å². The molecular formula is C14H18F2N6O. The summed E-state index contributed by atoms with van der Waals surface area (Å²) in [6, 6.07) is 1.62. The van der Waals surface area contributed by atoms with Gasteiger partial charge in [0.15, 0.2) is 5.82 Å². The summed E-state index contributed by atoms with van der Waals surface area (Å²) in [6.07, 6.45) is 8.53. The van der Waals surface area contributed by atoms with Crippen LogP contribution in [0.25, 0.3) is 0 Å². The summed E-state index contributed by atoms with van der Waals surface area (Å²) >= 11 is 0. The molecule has 1 aliphatic carbocycles. The lowest BCUT2D eigenvalue weighted by atomic mass is 9.95. The second-order valence-corrected chi connectivity index (χ2v) is 5.59. The maximum atomic E-state index is 12.5. The van der Waals surface area contributed by atoms with Crippen molar-refractivity contribution in [2.75, 3.05) is 0 Å². The highest BCUT2D eigenvalue weighted by Crippen LogP contribution is 2.28. The molecule has 0 spiro atoms. The monoisotopic (exact) mass is 324 g/mol. The predicted octanol–water partition coefficient (Wildman–Crippen LogP) is 2.30. The molecule has 0 atom stereocenters. The van der Waals surface area contributed by atoms with Crippen LogP contribution in [0.1, 0.15) is 61.0 Å². The number of nitrogens with zero attached hydrogens (tertiary/aromatic N) is 5. The van der Waals surface area contributed by atoms with E-state index >= 15 is 0 Å². The average molecular weight is 324 g/mol. The summed E-state index contributed by atoms with van der Waals surface area (Å²) in [6.45, 7) is -2.57. The van der Waals surface area contributed by atoms with Crippen LogP contribution in [0, 0.1) is 0 Å². The van der Waals surface area contributed by atoms with E-state index in [0.717, 1.165) is 19.0 Å². The molecular weight excluding hydrogens is 306 g/mol. The van der Waals surface area contributed by atoms with E-state index in [2.05, 4.69) is 20.6 Å². The number of alkyl halides is 2. The van der Waals surface area contributed by atoms with Gasteiger partial charge in [0.2, 0.25) is 0 Å². The van der Waals surface area contributed by atoms with Gasteiger partial charge in [0.1, 0.15) is 12.0 Å². The molecule has 0 aromatic carbocycles. The molecule has 0 bridgehead atoms. The highest BCUT2D eigenvalue weighted by molar-refractivity contribution is 5.92. The normalized spacial score (nSPS) is 16.0. The van der Waals surface area contributed by atoms with Gasteiger partial charge < -0.3 is 9.88 Å². The molecule has 9 heteroatoms. The smallest absolute Gasteiger partial charge is 0.333 e. The van der Waals surface area contributed by atoms with Crippen LogP contribution < -0.4 is 5.32 Å². The van der Waals surface area contributed by atoms with Crippen LogP contribution >= 0.6 is 0 Å². The number of hydrogen-bond donors (Lipinski definition) is 1. The van der Waals surface area contributed by atoms with Gasteiger partial charge in [-0.05, 0) is 18.9 Å². The van der Waals surface area contributed by atoms with E-state index in [1.54, 1.807) is 6.33 Å². The molecule has 1 N–H and O–H groups in total. The number of hydrogen-bond acceptors (Lipinski definition) is 4.